The zero-order valence-corrected chi connectivity index (χ0v) is 10.2. The lowest BCUT2D eigenvalue weighted by molar-refractivity contribution is 0.0449. The molecule has 0 atom stereocenters. The lowest BCUT2D eigenvalue weighted by Crippen LogP contribution is -2.40. The van der Waals surface area contributed by atoms with Gasteiger partial charge in [0.1, 0.15) is 0 Å². The summed E-state index contributed by atoms with van der Waals surface area (Å²) in [6, 6.07) is 7.49. The Kier molecular flexibility index (Phi) is 3.48. The predicted molar refractivity (Wildman–Crippen MR) is 66.9 cm³/mol. The minimum absolute atomic E-state index is 0.0941. The molecule has 1 aromatic carbocycles. The van der Waals surface area contributed by atoms with Crippen LogP contribution in [0.3, 0.4) is 0 Å². The van der Waals surface area contributed by atoms with E-state index in [2.05, 4.69) is 5.32 Å². The summed E-state index contributed by atoms with van der Waals surface area (Å²) < 4.78 is 0. The van der Waals surface area contributed by atoms with E-state index in [0.29, 0.717) is 12.1 Å². The van der Waals surface area contributed by atoms with Crippen molar-refractivity contribution in [3.63, 3.8) is 0 Å². The van der Waals surface area contributed by atoms with Gasteiger partial charge in [-0.3, -0.25) is 4.79 Å². The van der Waals surface area contributed by atoms with Crippen LogP contribution in [-0.2, 0) is 0 Å². The molecule has 0 saturated heterocycles. The Balaban J connectivity index is 1.96. The molecule has 92 valence electrons. The largest absolute Gasteiger partial charge is 0.388 e. The third kappa shape index (κ3) is 2.86. The molecule has 0 heterocycles. The van der Waals surface area contributed by atoms with Gasteiger partial charge in [-0.2, -0.15) is 0 Å². The smallest absolute Gasteiger partial charge is 0.251 e. The zero-order valence-electron chi connectivity index (χ0n) is 10.2. The number of aliphatic hydroxyl groups is 1. The van der Waals surface area contributed by atoms with Gasteiger partial charge in [0.2, 0.25) is 0 Å². The van der Waals surface area contributed by atoms with Crippen molar-refractivity contribution in [2.24, 2.45) is 0 Å². The zero-order chi connectivity index (χ0) is 12.3. The summed E-state index contributed by atoms with van der Waals surface area (Å²) in [7, 11) is 0. The van der Waals surface area contributed by atoms with Crippen molar-refractivity contribution in [1.29, 1.82) is 0 Å². The van der Waals surface area contributed by atoms with Gasteiger partial charge in [-0.15, -0.1) is 0 Å². The molecule has 0 aromatic heterocycles. The van der Waals surface area contributed by atoms with Crippen molar-refractivity contribution in [3.8, 4) is 0 Å². The molecule has 1 aliphatic rings. The van der Waals surface area contributed by atoms with Crippen LogP contribution in [0.5, 0.6) is 0 Å². The number of carbonyl (C=O) groups is 1. The molecular weight excluding hydrogens is 214 g/mol. The van der Waals surface area contributed by atoms with E-state index in [1.54, 1.807) is 0 Å². The van der Waals surface area contributed by atoms with Crippen LogP contribution < -0.4 is 5.32 Å². The summed E-state index contributed by atoms with van der Waals surface area (Å²) in [5, 5.41) is 13.0. The SMILES string of the molecule is Cc1ccccc1C(=O)NCC1(O)CCCC1. The fraction of sp³-hybridized carbons (Fsp3) is 0.500. The van der Waals surface area contributed by atoms with Crippen LogP contribution in [0, 0.1) is 6.92 Å². The quantitative estimate of drug-likeness (QED) is 0.839. The van der Waals surface area contributed by atoms with E-state index in [0.717, 1.165) is 31.2 Å². The van der Waals surface area contributed by atoms with E-state index in [-0.39, 0.29) is 5.91 Å². The number of rotatable bonds is 3. The Morgan fingerprint density at radius 3 is 2.65 bits per heavy atom. The first-order chi connectivity index (χ1) is 8.11. The van der Waals surface area contributed by atoms with Gasteiger partial charge in [-0.05, 0) is 31.4 Å². The van der Waals surface area contributed by atoms with Crippen molar-refractivity contribution < 1.29 is 9.90 Å². The number of benzene rings is 1. The maximum atomic E-state index is 11.9. The van der Waals surface area contributed by atoms with Crippen LogP contribution in [0.4, 0.5) is 0 Å². The highest BCUT2D eigenvalue weighted by molar-refractivity contribution is 5.95. The molecule has 2 rings (SSSR count). The summed E-state index contributed by atoms with van der Waals surface area (Å²) in [5.41, 5.74) is 0.968. The third-order valence-corrected chi connectivity index (χ3v) is 3.50. The Hall–Kier alpha value is -1.35. The molecule has 3 nitrogen and oxygen atoms in total. The van der Waals surface area contributed by atoms with E-state index in [1.807, 2.05) is 31.2 Å². The van der Waals surface area contributed by atoms with Crippen molar-refractivity contribution in [1.82, 2.24) is 5.32 Å². The van der Waals surface area contributed by atoms with Crippen molar-refractivity contribution >= 4 is 5.91 Å². The number of aryl methyl sites for hydroxylation is 1. The number of carbonyl (C=O) groups excluding carboxylic acids is 1. The van der Waals surface area contributed by atoms with E-state index in [9.17, 15) is 9.90 Å². The number of hydrogen-bond donors (Lipinski definition) is 2. The molecule has 17 heavy (non-hydrogen) atoms. The Morgan fingerprint density at radius 2 is 2.00 bits per heavy atom. The van der Waals surface area contributed by atoms with Gasteiger partial charge in [0.15, 0.2) is 0 Å². The minimum Gasteiger partial charge on any atom is -0.388 e. The van der Waals surface area contributed by atoms with Crippen LogP contribution in [0.1, 0.15) is 41.6 Å². The molecule has 0 unspecified atom stereocenters. The molecule has 2 N–H and O–H groups in total. The molecule has 1 aliphatic carbocycles. The predicted octanol–water partition coefficient (Wildman–Crippen LogP) is 2.03. The highest BCUT2D eigenvalue weighted by Crippen LogP contribution is 2.28. The highest BCUT2D eigenvalue weighted by Gasteiger charge is 2.31. The van der Waals surface area contributed by atoms with Crippen molar-refractivity contribution in [2.75, 3.05) is 6.54 Å². The fourth-order valence-corrected chi connectivity index (χ4v) is 2.38. The average molecular weight is 233 g/mol. The number of amides is 1. The Bertz CT molecular complexity index is 408. The normalized spacial score (nSPS) is 18.0. The van der Waals surface area contributed by atoms with Crippen LogP contribution in [0.15, 0.2) is 24.3 Å². The van der Waals surface area contributed by atoms with Crippen LogP contribution in [0.2, 0.25) is 0 Å². The standard InChI is InChI=1S/C14H19NO2/c1-11-6-2-3-7-12(11)13(16)15-10-14(17)8-4-5-9-14/h2-3,6-7,17H,4-5,8-10H2,1H3,(H,15,16). The first-order valence-electron chi connectivity index (χ1n) is 6.17. The second-order valence-corrected chi connectivity index (χ2v) is 4.93. The third-order valence-electron chi connectivity index (χ3n) is 3.50. The topological polar surface area (TPSA) is 49.3 Å². The molecular formula is C14H19NO2. The van der Waals surface area contributed by atoms with Gasteiger partial charge in [0.25, 0.3) is 5.91 Å². The number of hydrogen-bond acceptors (Lipinski definition) is 2. The lowest BCUT2D eigenvalue weighted by atomic mass is 10.0. The molecule has 1 saturated carbocycles. The first kappa shape index (κ1) is 12.1. The molecule has 1 aromatic rings. The van der Waals surface area contributed by atoms with Crippen LogP contribution in [-0.4, -0.2) is 23.2 Å². The van der Waals surface area contributed by atoms with E-state index in [1.165, 1.54) is 0 Å². The van der Waals surface area contributed by atoms with Crippen LogP contribution in [0.25, 0.3) is 0 Å². The Morgan fingerprint density at radius 1 is 1.35 bits per heavy atom. The fourth-order valence-electron chi connectivity index (χ4n) is 2.38. The molecule has 0 radical (unpaired) electrons. The monoisotopic (exact) mass is 233 g/mol. The summed E-state index contributed by atoms with van der Waals surface area (Å²) >= 11 is 0. The minimum atomic E-state index is -0.682. The summed E-state index contributed by atoms with van der Waals surface area (Å²) in [6.45, 7) is 2.28. The summed E-state index contributed by atoms with van der Waals surface area (Å²) in [6.07, 6.45) is 3.69. The molecule has 3 heteroatoms. The van der Waals surface area contributed by atoms with Crippen molar-refractivity contribution in [2.45, 2.75) is 38.2 Å². The molecule has 0 spiro atoms. The second-order valence-electron chi connectivity index (χ2n) is 4.93. The van der Waals surface area contributed by atoms with E-state index in [4.69, 9.17) is 0 Å². The van der Waals surface area contributed by atoms with Gasteiger partial charge in [0.05, 0.1) is 5.60 Å². The highest BCUT2D eigenvalue weighted by atomic mass is 16.3. The van der Waals surface area contributed by atoms with Crippen molar-refractivity contribution in [3.05, 3.63) is 35.4 Å². The summed E-state index contributed by atoms with van der Waals surface area (Å²) in [5.74, 6) is -0.0941. The maximum absolute atomic E-state index is 11.9. The van der Waals surface area contributed by atoms with Gasteiger partial charge in [0, 0.05) is 12.1 Å². The van der Waals surface area contributed by atoms with E-state index >= 15 is 0 Å². The molecule has 1 fully saturated rings. The van der Waals surface area contributed by atoms with E-state index < -0.39 is 5.60 Å². The Labute approximate surface area is 102 Å². The second kappa shape index (κ2) is 4.88. The number of nitrogens with one attached hydrogen (secondary N) is 1. The first-order valence-corrected chi connectivity index (χ1v) is 6.17. The maximum Gasteiger partial charge on any atom is 0.251 e. The molecule has 0 bridgehead atoms. The molecule has 1 amide bonds. The van der Waals surface area contributed by atoms with Gasteiger partial charge in [-0.1, -0.05) is 31.0 Å². The van der Waals surface area contributed by atoms with Gasteiger partial charge >= 0.3 is 0 Å². The molecule has 0 aliphatic heterocycles. The van der Waals surface area contributed by atoms with Gasteiger partial charge < -0.3 is 10.4 Å². The average Bonchev–Trinajstić information content (AvgIpc) is 2.74. The lowest BCUT2D eigenvalue weighted by Gasteiger charge is -2.22. The van der Waals surface area contributed by atoms with Gasteiger partial charge in [-0.25, -0.2) is 0 Å². The summed E-state index contributed by atoms with van der Waals surface area (Å²) in [4.78, 5) is 11.9. The van der Waals surface area contributed by atoms with Crippen LogP contribution >= 0.6 is 0 Å².